The largest absolute Gasteiger partial charge is 0.467 e. The second kappa shape index (κ2) is 6.98. The van der Waals surface area contributed by atoms with E-state index in [4.69, 9.17) is 21.8 Å². The van der Waals surface area contributed by atoms with E-state index in [9.17, 15) is 0 Å². The van der Waals surface area contributed by atoms with Crippen molar-refractivity contribution in [3.8, 4) is 0 Å². The minimum atomic E-state index is 0.246. The predicted octanol–water partition coefficient (Wildman–Crippen LogP) is 5.45. The fourth-order valence-electron chi connectivity index (χ4n) is 3.73. The van der Waals surface area contributed by atoms with E-state index in [1.807, 2.05) is 29.5 Å². The molecule has 1 aliphatic rings. The number of hydrogen-bond donors (Lipinski definition) is 2. The minimum Gasteiger partial charge on any atom is -0.467 e. The quantitative estimate of drug-likeness (QED) is 0.595. The van der Waals surface area contributed by atoms with Gasteiger partial charge in [-0.1, -0.05) is 24.4 Å². The van der Waals surface area contributed by atoms with Crippen molar-refractivity contribution in [2.24, 2.45) is 5.73 Å². The first kappa shape index (κ1) is 16.9. The van der Waals surface area contributed by atoms with Gasteiger partial charge in [-0.3, -0.25) is 0 Å². The summed E-state index contributed by atoms with van der Waals surface area (Å²) in [7, 11) is 0. The van der Waals surface area contributed by atoms with Gasteiger partial charge in [0.25, 0.3) is 0 Å². The number of hydrogen-bond acceptors (Lipinski definition) is 5. The molecule has 0 aromatic carbocycles. The number of nitrogens with zero attached hydrogens (tertiary/aromatic N) is 1. The topological polar surface area (TPSA) is 64.1 Å². The van der Waals surface area contributed by atoms with Gasteiger partial charge in [0.15, 0.2) is 0 Å². The van der Waals surface area contributed by atoms with Gasteiger partial charge in [0, 0.05) is 22.9 Å². The first-order valence-corrected chi connectivity index (χ1v) is 9.94. The normalized spacial score (nSPS) is 20.9. The summed E-state index contributed by atoms with van der Waals surface area (Å²) in [5.41, 5.74) is 9.65. The van der Waals surface area contributed by atoms with Crippen LogP contribution in [-0.2, 0) is 6.54 Å². The van der Waals surface area contributed by atoms with Crippen molar-refractivity contribution in [3.05, 3.63) is 45.8 Å². The van der Waals surface area contributed by atoms with Crippen LogP contribution in [-0.4, -0.2) is 11.0 Å². The lowest BCUT2D eigenvalue weighted by Gasteiger charge is -2.28. The van der Waals surface area contributed by atoms with E-state index in [0.717, 1.165) is 34.5 Å². The SMILES string of the molecule is Cc1c([C@@H]2CCCC[C@H]2N)sc2c(NCc3ccco3)cc(Cl)nc12. The van der Waals surface area contributed by atoms with Gasteiger partial charge >= 0.3 is 0 Å². The molecule has 3 aromatic rings. The lowest BCUT2D eigenvalue weighted by Crippen LogP contribution is -2.31. The second-order valence-electron chi connectivity index (χ2n) is 6.75. The van der Waals surface area contributed by atoms with Crippen molar-refractivity contribution < 1.29 is 4.42 Å². The molecule has 3 N–H and O–H groups in total. The van der Waals surface area contributed by atoms with Crippen LogP contribution in [0.1, 0.15) is 47.8 Å². The molecule has 0 amide bonds. The Kier molecular flexibility index (Phi) is 4.71. The Morgan fingerprint density at radius 2 is 2.24 bits per heavy atom. The minimum absolute atomic E-state index is 0.246. The number of aryl methyl sites for hydroxylation is 1. The highest BCUT2D eigenvalue weighted by Gasteiger charge is 2.28. The lowest BCUT2D eigenvalue weighted by molar-refractivity contribution is 0.389. The van der Waals surface area contributed by atoms with Crippen molar-refractivity contribution >= 4 is 38.8 Å². The highest BCUT2D eigenvalue weighted by Crippen LogP contribution is 2.43. The van der Waals surface area contributed by atoms with Gasteiger partial charge in [0.2, 0.25) is 0 Å². The number of anilines is 1. The Hall–Kier alpha value is -1.56. The smallest absolute Gasteiger partial charge is 0.131 e. The number of nitrogens with one attached hydrogen (secondary N) is 1. The molecule has 3 aromatic heterocycles. The first-order valence-electron chi connectivity index (χ1n) is 8.75. The Bertz CT molecular complexity index is 875. The summed E-state index contributed by atoms with van der Waals surface area (Å²) in [4.78, 5) is 5.97. The monoisotopic (exact) mass is 375 g/mol. The summed E-state index contributed by atoms with van der Waals surface area (Å²) in [6, 6.07) is 5.99. The van der Waals surface area contributed by atoms with Crippen LogP contribution in [0.15, 0.2) is 28.9 Å². The zero-order valence-corrected chi connectivity index (χ0v) is 15.8. The molecule has 4 rings (SSSR count). The number of fused-ring (bicyclic) bond motifs is 1. The van der Waals surface area contributed by atoms with Gasteiger partial charge < -0.3 is 15.5 Å². The molecule has 132 valence electrons. The predicted molar refractivity (Wildman–Crippen MR) is 105 cm³/mol. The molecule has 1 saturated carbocycles. The van der Waals surface area contributed by atoms with Crippen molar-refractivity contribution in [2.45, 2.75) is 51.1 Å². The number of rotatable bonds is 4. The van der Waals surface area contributed by atoms with E-state index in [1.165, 1.54) is 23.3 Å². The molecule has 0 unspecified atom stereocenters. The molecule has 0 spiro atoms. The third-order valence-corrected chi connectivity index (χ3v) is 6.71. The molecule has 3 heterocycles. The molecule has 0 saturated heterocycles. The van der Waals surface area contributed by atoms with Crippen LogP contribution in [0.5, 0.6) is 0 Å². The standard InChI is InChI=1S/C19H22ClN3OS/c1-11-17-19(25-18(11)13-6-2-3-7-14(13)21)15(9-16(20)23-17)22-10-12-5-4-8-24-12/h4-5,8-9,13-14H,2-3,6-7,10,21H2,1H3,(H,22,23)/t13-,14-/m1/s1. The van der Waals surface area contributed by atoms with Crippen molar-refractivity contribution in [1.82, 2.24) is 4.98 Å². The summed E-state index contributed by atoms with van der Waals surface area (Å²) < 4.78 is 6.57. The van der Waals surface area contributed by atoms with E-state index >= 15 is 0 Å². The van der Waals surface area contributed by atoms with E-state index in [2.05, 4.69) is 17.2 Å². The third-order valence-electron chi connectivity index (χ3n) is 5.07. The van der Waals surface area contributed by atoms with Gasteiger partial charge in [-0.25, -0.2) is 4.98 Å². The van der Waals surface area contributed by atoms with Crippen LogP contribution >= 0.6 is 22.9 Å². The number of aromatic nitrogens is 1. The van der Waals surface area contributed by atoms with Crippen molar-refractivity contribution in [3.63, 3.8) is 0 Å². The molecular weight excluding hydrogens is 354 g/mol. The molecular formula is C19H22ClN3OS. The van der Waals surface area contributed by atoms with Gasteiger partial charge in [-0.2, -0.15) is 0 Å². The average Bonchev–Trinajstić information content (AvgIpc) is 3.22. The zero-order valence-electron chi connectivity index (χ0n) is 14.2. The highest BCUT2D eigenvalue weighted by atomic mass is 35.5. The maximum Gasteiger partial charge on any atom is 0.131 e. The number of halogens is 1. The van der Waals surface area contributed by atoms with Gasteiger partial charge in [0.05, 0.1) is 28.7 Å². The lowest BCUT2D eigenvalue weighted by atomic mass is 9.83. The van der Waals surface area contributed by atoms with Gasteiger partial charge in [-0.05, 0) is 37.5 Å². The van der Waals surface area contributed by atoms with Crippen LogP contribution < -0.4 is 11.1 Å². The maximum absolute atomic E-state index is 6.42. The number of nitrogens with two attached hydrogens (primary N) is 1. The molecule has 1 aliphatic carbocycles. The summed E-state index contributed by atoms with van der Waals surface area (Å²) in [5, 5.41) is 3.96. The fraction of sp³-hybridized carbons (Fsp3) is 0.421. The van der Waals surface area contributed by atoms with E-state index in [0.29, 0.717) is 17.6 Å². The van der Waals surface area contributed by atoms with Crippen LogP contribution in [0.25, 0.3) is 10.2 Å². The number of pyridine rings is 1. The van der Waals surface area contributed by atoms with Gasteiger partial charge in [-0.15, -0.1) is 11.3 Å². The van der Waals surface area contributed by atoms with Crippen LogP contribution in [0, 0.1) is 6.92 Å². The maximum atomic E-state index is 6.42. The third kappa shape index (κ3) is 3.28. The zero-order chi connectivity index (χ0) is 17.4. The van der Waals surface area contributed by atoms with Crippen LogP contribution in [0.4, 0.5) is 5.69 Å². The summed E-state index contributed by atoms with van der Waals surface area (Å²) >= 11 is 8.10. The molecule has 4 nitrogen and oxygen atoms in total. The Labute approximate surface area is 156 Å². The summed E-state index contributed by atoms with van der Waals surface area (Å²) in [6.45, 7) is 2.77. The average molecular weight is 376 g/mol. The summed E-state index contributed by atoms with van der Waals surface area (Å²) in [5.74, 6) is 1.33. The fourth-order valence-corrected chi connectivity index (χ4v) is 5.37. The first-order chi connectivity index (χ1) is 12.1. The molecule has 6 heteroatoms. The molecule has 0 radical (unpaired) electrons. The van der Waals surface area contributed by atoms with E-state index in [-0.39, 0.29) is 6.04 Å². The van der Waals surface area contributed by atoms with E-state index < -0.39 is 0 Å². The number of furan rings is 1. The van der Waals surface area contributed by atoms with Crippen LogP contribution in [0.3, 0.4) is 0 Å². The van der Waals surface area contributed by atoms with Gasteiger partial charge in [0.1, 0.15) is 10.9 Å². The highest BCUT2D eigenvalue weighted by molar-refractivity contribution is 7.20. The van der Waals surface area contributed by atoms with E-state index in [1.54, 1.807) is 6.26 Å². The second-order valence-corrected chi connectivity index (χ2v) is 8.19. The molecule has 0 bridgehead atoms. The van der Waals surface area contributed by atoms with Crippen molar-refractivity contribution in [2.75, 3.05) is 5.32 Å². The Morgan fingerprint density at radius 1 is 1.40 bits per heavy atom. The van der Waals surface area contributed by atoms with Crippen molar-refractivity contribution in [1.29, 1.82) is 0 Å². The van der Waals surface area contributed by atoms with Crippen LogP contribution in [0.2, 0.25) is 5.15 Å². The summed E-state index contributed by atoms with van der Waals surface area (Å²) in [6.07, 6.45) is 6.45. The Balaban J connectivity index is 1.72. The Morgan fingerprint density at radius 3 is 3.00 bits per heavy atom. The molecule has 1 fully saturated rings. The molecule has 2 atom stereocenters. The molecule has 25 heavy (non-hydrogen) atoms. The number of thiophene rings is 1. The molecule has 0 aliphatic heterocycles.